The molecule has 0 aromatic heterocycles. The smallest absolute Gasteiger partial charge is 0.304 e. The SMILES string of the molecule is O=C(O)CC1CNCCCN1CC1CCCO1. The minimum atomic E-state index is -0.712. The van der Waals surface area contributed by atoms with E-state index in [4.69, 9.17) is 9.84 Å². The van der Waals surface area contributed by atoms with E-state index in [0.717, 1.165) is 52.0 Å². The molecule has 0 spiro atoms. The highest BCUT2D eigenvalue weighted by Gasteiger charge is 2.27. The van der Waals surface area contributed by atoms with Gasteiger partial charge in [-0.15, -0.1) is 0 Å². The monoisotopic (exact) mass is 242 g/mol. The molecule has 5 nitrogen and oxygen atoms in total. The molecule has 0 bridgehead atoms. The largest absolute Gasteiger partial charge is 0.481 e. The van der Waals surface area contributed by atoms with E-state index in [1.54, 1.807) is 0 Å². The molecular formula is C12H22N2O3. The molecule has 0 aliphatic carbocycles. The first-order valence-corrected chi connectivity index (χ1v) is 6.54. The van der Waals surface area contributed by atoms with Crippen LogP contribution < -0.4 is 5.32 Å². The van der Waals surface area contributed by atoms with E-state index in [-0.39, 0.29) is 12.5 Å². The van der Waals surface area contributed by atoms with Crippen LogP contribution in [0.4, 0.5) is 0 Å². The van der Waals surface area contributed by atoms with Gasteiger partial charge in [0.25, 0.3) is 0 Å². The number of carboxylic acids is 1. The number of carboxylic acid groups (broad SMARTS) is 1. The minimum Gasteiger partial charge on any atom is -0.481 e. The second-order valence-electron chi connectivity index (χ2n) is 4.94. The van der Waals surface area contributed by atoms with Gasteiger partial charge in [0.05, 0.1) is 12.5 Å². The Morgan fingerprint density at radius 2 is 2.35 bits per heavy atom. The minimum absolute atomic E-state index is 0.110. The maximum Gasteiger partial charge on any atom is 0.304 e. The van der Waals surface area contributed by atoms with Crippen molar-refractivity contribution in [1.29, 1.82) is 0 Å². The first-order valence-electron chi connectivity index (χ1n) is 6.54. The molecule has 5 heteroatoms. The summed E-state index contributed by atoms with van der Waals surface area (Å²) < 4.78 is 5.64. The van der Waals surface area contributed by atoms with Crippen LogP contribution >= 0.6 is 0 Å². The van der Waals surface area contributed by atoms with Gasteiger partial charge in [0.1, 0.15) is 0 Å². The Bertz CT molecular complexity index is 254. The Morgan fingerprint density at radius 1 is 1.47 bits per heavy atom. The summed E-state index contributed by atoms with van der Waals surface area (Å²) in [5.41, 5.74) is 0. The Kier molecular flexibility index (Phi) is 4.76. The van der Waals surface area contributed by atoms with Gasteiger partial charge in [-0.3, -0.25) is 9.69 Å². The summed E-state index contributed by atoms with van der Waals surface area (Å²) in [4.78, 5) is 13.2. The molecule has 2 fully saturated rings. The fraction of sp³-hybridized carbons (Fsp3) is 0.917. The molecule has 2 aliphatic rings. The molecule has 2 unspecified atom stereocenters. The Labute approximate surface area is 102 Å². The summed E-state index contributed by atoms with van der Waals surface area (Å²) >= 11 is 0. The molecular weight excluding hydrogens is 220 g/mol. The van der Waals surface area contributed by atoms with E-state index in [1.807, 2.05) is 0 Å². The molecule has 2 saturated heterocycles. The van der Waals surface area contributed by atoms with Crippen LogP contribution in [0.15, 0.2) is 0 Å². The lowest BCUT2D eigenvalue weighted by atomic mass is 10.1. The van der Waals surface area contributed by atoms with Crippen molar-refractivity contribution in [3.8, 4) is 0 Å². The van der Waals surface area contributed by atoms with Gasteiger partial charge in [0.2, 0.25) is 0 Å². The van der Waals surface area contributed by atoms with Crippen molar-refractivity contribution in [2.24, 2.45) is 0 Å². The van der Waals surface area contributed by atoms with E-state index < -0.39 is 5.97 Å². The molecule has 2 heterocycles. The Morgan fingerprint density at radius 3 is 3.06 bits per heavy atom. The van der Waals surface area contributed by atoms with Gasteiger partial charge in [0.15, 0.2) is 0 Å². The Hall–Kier alpha value is -0.650. The topological polar surface area (TPSA) is 61.8 Å². The molecule has 0 amide bonds. The average Bonchev–Trinajstić information content (AvgIpc) is 2.69. The van der Waals surface area contributed by atoms with Crippen molar-refractivity contribution < 1.29 is 14.6 Å². The lowest BCUT2D eigenvalue weighted by molar-refractivity contribution is -0.138. The molecule has 0 radical (unpaired) electrons. The van der Waals surface area contributed by atoms with Crippen molar-refractivity contribution >= 4 is 5.97 Å². The maximum absolute atomic E-state index is 10.9. The lowest BCUT2D eigenvalue weighted by Crippen LogP contribution is -2.44. The highest BCUT2D eigenvalue weighted by Crippen LogP contribution is 2.17. The zero-order chi connectivity index (χ0) is 12.1. The van der Waals surface area contributed by atoms with E-state index in [0.29, 0.717) is 6.10 Å². The molecule has 0 saturated carbocycles. The predicted molar refractivity (Wildman–Crippen MR) is 64.1 cm³/mol. The average molecular weight is 242 g/mol. The van der Waals surface area contributed by atoms with Crippen molar-refractivity contribution in [3.63, 3.8) is 0 Å². The fourth-order valence-corrected chi connectivity index (χ4v) is 2.68. The first-order chi connectivity index (χ1) is 8.25. The van der Waals surface area contributed by atoms with Crippen LogP contribution in [-0.2, 0) is 9.53 Å². The Balaban J connectivity index is 1.90. The number of nitrogens with zero attached hydrogens (tertiary/aromatic N) is 1. The van der Waals surface area contributed by atoms with Gasteiger partial charge >= 0.3 is 5.97 Å². The van der Waals surface area contributed by atoms with Gasteiger partial charge in [-0.25, -0.2) is 0 Å². The summed E-state index contributed by atoms with van der Waals surface area (Å²) in [6.45, 7) is 4.49. The quantitative estimate of drug-likeness (QED) is 0.742. The highest BCUT2D eigenvalue weighted by atomic mass is 16.5. The first kappa shape index (κ1) is 12.8. The predicted octanol–water partition coefficient (Wildman–Crippen LogP) is 0.304. The van der Waals surface area contributed by atoms with Crippen LogP contribution in [0.3, 0.4) is 0 Å². The molecule has 17 heavy (non-hydrogen) atoms. The summed E-state index contributed by atoms with van der Waals surface area (Å²) in [5.74, 6) is -0.712. The fourth-order valence-electron chi connectivity index (χ4n) is 2.68. The van der Waals surface area contributed by atoms with Gasteiger partial charge in [-0.1, -0.05) is 0 Å². The van der Waals surface area contributed by atoms with Gasteiger partial charge in [-0.05, 0) is 32.4 Å². The van der Waals surface area contributed by atoms with E-state index in [1.165, 1.54) is 0 Å². The number of carbonyl (C=O) groups is 1. The number of nitrogens with one attached hydrogen (secondary N) is 1. The standard InChI is InChI=1S/C12H22N2O3/c15-12(16)7-10-8-13-4-2-5-14(10)9-11-3-1-6-17-11/h10-11,13H,1-9H2,(H,15,16). The van der Waals surface area contributed by atoms with Crippen LogP contribution in [0, 0.1) is 0 Å². The number of ether oxygens (including phenoxy) is 1. The highest BCUT2D eigenvalue weighted by molar-refractivity contribution is 5.67. The zero-order valence-electron chi connectivity index (χ0n) is 10.2. The molecule has 98 valence electrons. The molecule has 2 atom stereocenters. The number of hydrogen-bond acceptors (Lipinski definition) is 4. The van der Waals surface area contributed by atoms with Crippen molar-refractivity contribution in [2.45, 2.75) is 37.8 Å². The van der Waals surface area contributed by atoms with Crippen LogP contribution in [0.25, 0.3) is 0 Å². The summed E-state index contributed by atoms with van der Waals surface area (Å²) in [6, 6.07) is 0.110. The summed E-state index contributed by atoms with van der Waals surface area (Å²) in [5, 5.41) is 12.3. The second kappa shape index (κ2) is 6.33. The number of rotatable bonds is 4. The molecule has 2 aliphatic heterocycles. The third-order valence-corrected chi connectivity index (χ3v) is 3.57. The molecule has 2 N–H and O–H groups in total. The third kappa shape index (κ3) is 3.94. The van der Waals surface area contributed by atoms with Gasteiger partial charge in [-0.2, -0.15) is 0 Å². The van der Waals surface area contributed by atoms with Gasteiger partial charge < -0.3 is 15.2 Å². The van der Waals surface area contributed by atoms with Crippen LogP contribution in [0.1, 0.15) is 25.7 Å². The van der Waals surface area contributed by atoms with Crippen LogP contribution in [0.5, 0.6) is 0 Å². The zero-order valence-corrected chi connectivity index (χ0v) is 10.2. The van der Waals surface area contributed by atoms with Crippen LogP contribution in [0.2, 0.25) is 0 Å². The van der Waals surface area contributed by atoms with Gasteiger partial charge in [0, 0.05) is 25.7 Å². The summed E-state index contributed by atoms with van der Waals surface area (Å²) in [6.07, 6.45) is 3.87. The summed E-state index contributed by atoms with van der Waals surface area (Å²) in [7, 11) is 0. The maximum atomic E-state index is 10.9. The molecule has 2 rings (SSSR count). The van der Waals surface area contributed by atoms with Crippen molar-refractivity contribution in [2.75, 3.05) is 32.8 Å². The second-order valence-corrected chi connectivity index (χ2v) is 4.94. The van der Waals surface area contributed by atoms with E-state index in [2.05, 4.69) is 10.2 Å². The molecule has 0 aromatic rings. The van der Waals surface area contributed by atoms with Crippen molar-refractivity contribution in [1.82, 2.24) is 10.2 Å². The van der Waals surface area contributed by atoms with E-state index in [9.17, 15) is 4.79 Å². The lowest BCUT2D eigenvalue weighted by Gasteiger charge is -2.30. The number of hydrogen-bond donors (Lipinski definition) is 2. The normalized spacial score (nSPS) is 31.3. The van der Waals surface area contributed by atoms with Crippen LogP contribution in [-0.4, -0.2) is 60.9 Å². The van der Waals surface area contributed by atoms with Crippen molar-refractivity contribution in [3.05, 3.63) is 0 Å². The molecule has 0 aromatic carbocycles. The number of aliphatic carboxylic acids is 1. The van der Waals surface area contributed by atoms with E-state index >= 15 is 0 Å². The third-order valence-electron chi connectivity index (χ3n) is 3.57.